The molecule has 0 aliphatic carbocycles. The van der Waals surface area contributed by atoms with Crippen molar-refractivity contribution in [2.24, 2.45) is 0 Å². The van der Waals surface area contributed by atoms with Crippen molar-refractivity contribution >= 4 is 12.6 Å². The number of hydrogen-bond donors (Lipinski definition) is 1. The molecule has 1 unspecified atom stereocenters. The summed E-state index contributed by atoms with van der Waals surface area (Å²) in [4.78, 5) is 0. The van der Waals surface area contributed by atoms with Gasteiger partial charge in [0.25, 0.3) is 0 Å². The van der Waals surface area contributed by atoms with E-state index < -0.39 is 13.2 Å². The average Bonchev–Trinajstić information content (AvgIpc) is 2.55. The van der Waals surface area contributed by atoms with Gasteiger partial charge in [-0.1, -0.05) is 6.07 Å². The third-order valence-electron chi connectivity index (χ3n) is 2.22. The predicted molar refractivity (Wildman–Crippen MR) is 50.0 cm³/mol. The number of fused-ring (bicyclic) bond motifs is 1. The van der Waals surface area contributed by atoms with Gasteiger partial charge in [0.2, 0.25) is 0 Å². The number of rotatable bonds is 1. The quantitative estimate of drug-likeness (QED) is 0.630. The molecule has 1 aliphatic rings. The third-order valence-corrected chi connectivity index (χ3v) is 2.22. The fourth-order valence-corrected chi connectivity index (χ4v) is 1.51. The van der Waals surface area contributed by atoms with Gasteiger partial charge in [0.1, 0.15) is 5.75 Å². The number of ether oxygens (including phenoxy) is 1. The molecule has 1 aromatic carbocycles. The molecule has 0 fully saturated rings. The largest absolute Gasteiger partial charge is 0.497 e. The fraction of sp³-hybridized carbons (Fsp3) is 0.222. The van der Waals surface area contributed by atoms with Crippen molar-refractivity contribution in [3.8, 4) is 11.8 Å². The third kappa shape index (κ3) is 1.25. The van der Waals surface area contributed by atoms with Crippen molar-refractivity contribution < 1.29 is 14.4 Å². The summed E-state index contributed by atoms with van der Waals surface area (Å²) in [5.41, 5.74) is 1.32. The molecule has 0 radical (unpaired) electrons. The van der Waals surface area contributed by atoms with Crippen LogP contribution in [0.4, 0.5) is 0 Å². The lowest BCUT2D eigenvalue weighted by Crippen LogP contribution is -2.27. The molecule has 1 aliphatic heterocycles. The second-order valence-corrected chi connectivity index (χ2v) is 2.99. The number of nitriles is 1. The van der Waals surface area contributed by atoms with Crippen LogP contribution in [0.25, 0.3) is 0 Å². The molecular formula is C9H8BNO3. The highest BCUT2D eigenvalue weighted by Crippen LogP contribution is 2.25. The van der Waals surface area contributed by atoms with Gasteiger partial charge < -0.3 is 14.4 Å². The van der Waals surface area contributed by atoms with Crippen LogP contribution in [0.3, 0.4) is 0 Å². The van der Waals surface area contributed by atoms with Gasteiger partial charge in [0.05, 0.1) is 13.2 Å². The predicted octanol–water partition coefficient (Wildman–Crippen LogP) is -0.0224. The smallest absolute Gasteiger partial charge is 0.492 e. The van der Waals surface area contributed by atoms with E-state index in [2.05, 4.69) is 0 Å². The molecule has 0 aromatic heterocycles. The van der Waals surface area contributed by atoms with E-state index in [1.165, 1.54) is 0 Å². The molecule has 0 saturated heterocycles. The van der Waals surface area contributed by atoms with Gasteiger partial charge >= 0.3 is 7.12 Å². The molecule has 5 heteroatoms. The maximum Gasteiger partial charge on any atom is 0.492 e. The van der Waals surface area contributed by atoms with Crippen molar-refractivity contribution in [3.05, 3.63) is 23.8 Å². The molecular weight excluding hydrogens is 181 g/mol. The highest BCUT2D eigenvalue weighted by molar-refractivity contribution is 6.61. The number of methoxy groups -OCH3 is 1. The lowest BCUT2D eigenvalue weighted by molar-refractivity contribution is 0.239. The normalized spacial score (nSPS) is 18.9. The Morgan fingerprint density at radius 1 is 1.64 bits per heavy atom. The van der Waals surface area contributed by atoms with E-state index in [-0.39, 0.29) is 0 Å². The van der Waals surface area contributed by atoms with E-state index in [9.17, 15) is 5.02 Å². The van der Waals surface area contributed by atoms with E-state index in [4.69, 9.17) is 14.7 Å². The SMILES string of the molecule is COc1ccc2c(c1)C(C#N)OB2O. The molecule has 2 rings (SSSR count). The van der Waals surface area contributed by atoms with Gasteiger partial charge in [-0.2, -0.15) is 5.26 Å². The molecule has 1 heterocycles. The molecule has 0 saturated carbocycles. The van der Waals surface area contributed by atoms with Gasteiger partial charge in [-0.3, -0.25) is 0 Å². The zero-order chi connectivity index (χ0) is 10.1. The summed E-state index contributed by atoms with van der Waals surface area (Å²) in [5.74, 6) is 0.654. The van der Waals surface area contributed by atoms with Gasteiger partial charge in [0.15, 0.2) is 6.10 Å². The highest BCUT2D eigenvalue weighted by atomic mass is 16.5. The molecule has 70 valence electrons. The average molecular weight is 189 g/mol. The van der Waals surface area contributed by atoms with Crippen LogP contribution in [-0.4, -0.2) is 19.3 Å². The fourth-order valence-electron chi connectivity index (χ4n) is 1.51. The van der Waals surface area contributed by atoms with Crippen molar-refractivity contribution in [2.75, 3.05) is 7.11 Å². The Morgan fingerprint density at radius 3 is 3.07 bits per heavy atom. The maximum absolute atomic E-state index is 9.43. The summed E-state index contributed by atoms with van der Waals surface area (Å²) in [6.45, 7) is 0. The molecule has 1 atom stereocenters. The first-order chi connectivity index (χ1) is 6.76. The summed E-state index contributed by atoms with van der Waals surface area (Å²) < 4.78 is 10.0. The summed E-state index contributed by atoms with van der Waals surface area (Å²) in [6, 6.07) is 7.10. The lowest BCUT2D eigenvalue weighted by Gasteiger charge is -2.03. The second kappa shape index (κ2) is 3.33. The zero-order valence-electron chi connectivity index (χ0n) is 7.60. The molecule has 0 spiro atoms. The summed E-state index contributed by atoms with van der Waals surface area (Å²) in [7, 11) is 0.551. The maximum atomic E-state index is 9.43. The first-order valence-electron chi connectivity index (χ1n) is 4.17. The number of nitrogens with zero attached hydrogens (tertiary/aromatic N) is 1. The van der Waals surface area contributed by atoms with Gasteiger partial charge in [-0.15, -0.1) is 0 Å². The van der Waals surface area contributed by atoms with Crippen LogP contribution in [0, 0.1) is 11.3 Å². The Labute approximate surface area is 81.8 Å². The van der Waals surface area contributed by atoms with Crippen LogP contribution in [0.15, 0.2) is 18.2 Å². The molecule has 1 aromatic rings. The molecule has 0 amide bonds. The van der Waals surface area contributed by atoms with E-state index in [0.29, 0.717) is 16.8 Å². The first-order valence-corrected chi connectivity index (χ1v) is 4.17. The topological polar surface area (TPSA) is 62.5 Å². The van der Waals surface area contributed by atoms with Crippen LogP contribution in [-0.2, 0) is 4.65 Å². The standard InChI is InChI=1S/C9H8BNO3/c1-13-6-2-3-8-7(4-6)9(5-11)14-10(8)12/h2-4,9,12H,1H3. The van der Waals surface area contributed by atoms with Crippen molar-refractivity contribution in [1.29, 1.82) is 5.26 Å². The van der Waals surface area contributed by atoms with E-state index in [0.717, 1.165) is 0 Å². The summed E-state index contributed by atoms with van der Waals surface area (Å²) in [5, 5.41) is 18.2. The van der Waals surface area contributed by atoms with Crippen LogP contribution < -0.4 is 10.2 Å². The number of benzene rings is 1. The van der Waals surface area contributed by atoms with Crippen LogP contribution >= 0.6 is 0 Å². The van der Waals surface area contributed by atoms with Gasteiger partial charge in [-0.05, 0) is 23.2 Å². The number of hydrogen-bond acceptors (Lipinski definition) is 4. The first kappa shape index (κ1) is 9.07. The molecule has 0 bridgehead atoms. The molecule has 4 nitrogen and oxygen atoms in total. The Hall–Kier alpha value is -1.51. The van der Waals surface area contributed by atoms with Crippen LogP contribution in [0.2, 0.25) is 0 Å². The van der Waals surface area contributed by atoms with E-state index in [1.54, 1.807) is 25.3 Å². The van der Waals surface area contributed by atoms with Gasteiger partial charge in [-0.25, -0.2) is 0 Å². The van der Waals surface area contributed by atoms with Gasteiger partial charge in [0, 0.05) is 0 Å². The Bertz CT molecular complexity index is 402. The van der Waals surface area contributed by atoms with E-state index >= 15 is 0 Å². The Morgan fingerprint density at radius 2 is 2.43 bits per heavy atom. The Kier molecular flexibility index (Phi) is 2.16. The minimum Gasteiger partial charge on any atom is -0.497 e. The minimum absolute atomic E-state index is 0.636. The van der Waals surface area contributed by atoms with Crippen molar-refractivity contribution in [1.82, 2.24) is 0 Å². The van der Waals surface area contributed by atoms with Crippen LogP contribution in [0.1, 0.15) is 11.7 Å². The second-order valence-electron chi connectivity index (χ2n) is 2.99. The Balaban J connectivity index is 2.48. The molecule has 14 heavy (non-hydrogen) atoms. The lowest BCUT2D eigenvalue weighted by atomic mass is 9.79. The summed E-state index contributed by atoms with van der Waals surface area (Å²) >= 11 is 0. The monoisotopic (exact) mass is 189 g/mol. The van der Waals surface area contributed by atoms with Crippen molar-refractivity contribution in [2.45, 2.75) is 6.10 Å². The van der Waals surface area contributed by atoms with E-state index in [1.807, 2.05) is 6.07 Å². The zero-order valence-corrected chi connectivity index (χ0v) is 7.60. The molecule has 1 N–H and O–H groups in total. The van der Waals surface area contributed by atoms with Crippen LogP contribution in [0.5, 0.6) is 5.75 Å². The highest BCUT2D eigenvalue weighted by Gasteiger charge is 2.35. The minimum atomic E-state index is -0.999. The summed E-state index contributed by atoms with van der Waals surface area (Å²) in [6.07, 6.45) is -0.699. The van der Waals surface area contributed by atoms with Crippen molar-refractivity contribution in [3.63, 3.8) is 0 Å².